The molecule has 0 spiro atoms. The Morgan fingerprint density at radius 3 is 2.00 bits per heavy atom. The minimum atomic E-state index is 0.176. The van der Waals surface area contributed by atoms with Crippen LogP contribution in [-0.4, -0.2) is 11.2 Å². The van der Waals surface area contributed by atoms with E-state index in [1.165, 1.54) is 0 Å². The van der Waals surface area contributed by atoms with Crippen molar-refractivity contribution in [1.82, 2.24) is 0 Å². The van der Waals surface area contributed by atoms with Gasteiger partial charge in [-0.3, -0.25) is 0 Å². The summed E-state index contributed by atoms with van der Waals surface area (Å²) < 4.78 is 5.59. The SMILES string of the molecule is CC(C)Oc1ccc(NC(=S)Nc2ccccc2)cc1. The molecule has 0 heterocycles. The summed E-state index contributed by atoms with van der Waals surface area (Å²) in [5, 5.41) is 6.83. The molecule has 0 aromatic heterocycles. The molecule has 2 aromatic rings. The maximum Gasteiger partial charge on any atom is 0.175 e. The average Bonchev–Trinajstić information content (AvgIpc) is 2.41. The van der Waals surface area contributed by atoms with Crippen molar-refractivity contribution in [3.63, 3.8) is 0 Å². The Morgan fingerprint density at radius 2 is 1.45 bits per heavy atom. The van der Waals surface area contributed by atoms with Gasteiger partial charge in [-0.1, -0.05) is 18.2 Å². The van der Waals surface area contributed by atoms with Crippen LogP contribution in [0.4, 0.5) is 11.4 Å². The molecule has 20 heavy (non-hydrogen) atoms. The molecule has 0 unspecified atom stereocenters. The fourth-order valence-corrected chi connectivity index (χ4v) is 1.94. The van der Waals surface area contributed by atoms with Crippen molar-refractivity contribution in [1.29, 1.82) is 0 Å². The number of ether oxygens (including phenoxy) is 1. The van der Waals surface area contributed by atoms with Crippen LogP contribution in [0.25, 0.3) is 0 Å². The van der Waals surface area contributed by atoms with Crippen molar-refractivity contribution in [3.8, 4) is 5.75 Å². The third-order valence-corrected chi connectivity index (χ3v) is 2.72. The van der Waals surface area contributed by atoms with Gasteiger partial charge in [0.25, 0.3) is 0 Å². The second kappa shape index (κ2) is 6.91. The van der Waals surface area contributed by atoms with E-state index in [9.17, 15) is 0 Å². The van der Waals surface area contributed by atoms with Crippen LogP contribution in [0.1, 0.15) is 13.8 Å². The van der Waals surface area contributed by atoms with Gasteiger partial charge in [-0.2, -0.15) is 0 Å². The number of anilines is 2. The van der Waals surface area contributed by atoms with Gasteiger partial charge in [0.05, 0.1) is 6.10 Å². The van der Waals surface area contributed by atoms with E-state index in [0.29, 0.717) is 5.11 Å². The minimum Gasteiger partial charge on any atom is -0.491 e. The first-order valence-electron chi connectivity index (χ1n) is 6.53. The summed E-state index contributed by atoms with van der Waals surface area (Å²) in [7, 11) is 0. The van der Waals surface area contributed by atoms with Crippen LogP contribution in [0.3, 0.4) is 0 Å². The lowest BCUT2D eigenvalue weighted by Gasteiger charge is -2.12. The summed E-state index contributed by atoms with van der Waals surface area (Å²) in [6.45, 7) is 4.01. The zero-order chi connectivity index (χ0) is 14.4. The Labute approximate surface area is 125 Å². The number of thiocarbonyl (C=S) groups is 1. The highest BCUT2D eigenvalue weighted by atomic mass is 32.1. The zero-order valence-electron chi connectivity index (χ0n) is 11.6. The van der Waals surface area contributed by atoms with Crippen LogP contribution in [0.2, 0.25) is 0 Å². The first-order chi connectivity index (χ1) is 9.63. The van der Waals surface area contributed by atoms with Crippen molar-refractivity contribution < 1.29 is 4.74 Å². The predicted octanol–water partition coefficient (Wildman–Crippen LogP) is 4.28. The smallest absolute Gasteiger partial charge is 0.175 e. The third-order valence-electron chi connectivity index (χ3n) is 2.52. The van der Waals surface area contributed by atoms with Crippen LogP contribution in [-0.2, 0) is 0 Å². The Kier molecular flexibility index (Phi) is 4.96. The second-order valence-electron chi connectivity index (χ2n) is 4.64. The molecule has 0 fully saturated rings. The average molecular weight is 286 g/mol. The quantitative estimate of drug-likeness (QED) is 0.822. The van der Waals surface area contributed by atoms with Gasteiger partial charge in [0.2, 0.25) is 0 Å². The highest BCUT2D eigenvalue weighted by Gasteiger charge is 2.00. The largest absolute Gasteiger partial charge is 0.491 e. The molecule has 4 heteroatoms. The van der Waals surface area contributed by atoms with Crippen molar-refractivity contribution in [3.05, 3.63) is 54.6 Å². The summed E-state index contributed by atoms with van der Waals surface area (Å²) in [6, 6.07) is 17.6. The number of benzene rings is 2. The van der Waals surface area contributed by atoms with E-state index in [4.69, 9.17) is 17.0 Å². The van der Waals surface area contributed by atoms with Crippen LogP contribution in [0.5, 0.6) is 5.75 Å². The maximum absolute atomic E-state index is 5.59. The van der Waals surface area contributed by atoms with E-state index >= 15 is 0 Å². The number of nitrogens with one attached hydrogen (secondary N) is 2. The molecule has 0 saturated carbocycles. The van der Waals surface area contributed by atoms with Gasteiger partial charge < -0.3 is 15.4 Å². The summed E-state index contributed by atoms with van der Waals surface area (Å²) in [4.78, 5) is 0. The highest BCUT2D eigenvalue weighted by Crippen LogP contribution is 2.17. The molecule has 0 bridgehead atoms. The van der Waals surface area contributed by atoms with Gasteiger partial charge in [0.1, 0.15) is 5.75 Å². The topological polar surface area (TPSA) is 33.3 Å². The molecule has 2 aromatic carbocycles. The molecule has 0 saturated heterocycles. The Bertz CT molecular complexity index is 552. The van der Waals surface area contributed by atoms with Crippen molar-refractivity contribution in [2.24, 2.45) is 0 Å². The molecule has 0 atom stereocenters. The van der Waals surface area contributed by atoms with Gasteiger partial charge >= 0.3 is 0 Å². The lowest BCUT2D eigenvalue weighted by molar-refractivity contribution is 0.242. The number of rotatable bonds is 4. The van der Waals surface area contributed by atoms with Crippen LogP contribution < -0.4 is 15.4 Å². The van der Waals surface area contributed by atoms with Crippen LogP contribution in [0.15, 0.2) is 54.6 Å². The summed E-state index contributed by atoms with van der Waals surface area (Å²) in [5.41, 5.74) is 1.89. The Hall–Kier alpha value is -2.07. The molecule has 0 aliphatic heterocycles. The first kappa shape index (κ1) is 14.3. The zero-order valence-corrected chi connectivity index (χ0v) is 12.4. The summed E-state index contributed by atoms with van der Waals surface area (Å²) in [6.07, 6.45) is 0.176. The van der Waals surface area contributed by atoms with E-state index in [1.54, 1.807) is 0 Å². The van der Waals surface area contributed by atoms with Crippen LogP contribution >= 0.6 is 12.2 Å². The van der Waals surface area contributed by atoms with E-state index in [1.807, 2.05) is 68.4 Å². The molecule has 0 aliphatic rings. The van der Waals surface area contributed by atoms with Gasteiger partial charge in [0, 0.05) is 11.4 Å². The Morgan fingerprint density at radius 1 is 0.900 bits per heavy atom. The van der Waals surface area contributed by atoms with E-state index in [-0.39, 0.29) is 6.10 Å². The van der Waals surface area contributed by atoms with Gasteiger partial charge in [-0.15, -0.1) is 0 Å². The highest BCUT2D eigenvalue weighted by molar-refractivity contribution is 7.80. The normalized spacial score (nSPS) is 10.2. The lowest BCUT2D eigenvalue weighted by Crippen LogP contribution is -2.18. The van der Waals surface area contributed by atoms with Crippen molar-refractivity contribution in [2.45, 2.75) is 20.0 Å². The molecule has 2 rings (SSSR count). The van der Waals surface area contributed by atoms with Gasteiger partial charge in [-0.25, -0.2) is 0 Å². The molecule has 104 valence electrons. The van der Waals surface area contributed by atoms with Crippen LogP contribution in [0, 0.1) is 0 Å². The number of hydrogen-bond acceptors (Lipinski definition) is 2. The Balaban J connectivity index is 1.91. The van der Waals surface area contributed by atoms with Crippen molar-refractivity contribution in [2.75, 3.05) is 10.6 Å². The fraction of sp³-hybridized carbons (Fsp3) is 0.188. The number of hydrogen-bond donors (Lipinski definition) is 2. The molecule has 2 N–H and O–H groups in total. The lowest BCUT2D eigenvalue weighted by atomic mass is 10.3. The third kappa shape index (κ3) is 4.55. The predicted molar refractivity (Wildman–Crippen MR) is 88.5 cm³/mol. The first-order valence-corrected chi connectivity index (χ1v) is 6.94. The van der Waals surface area contributed by atoms with E-state index < -0.39 is 0 Å². The van der Waals surface area contributed by atoms with Crippen molar-refractivity contribution >= 4 is 28.7 Å². The fourth-order valence-electron chi connectivity index (χ4n) is 1.70. The molecular weight excluding hydrogens is 268 g/mol. The minimum absolute atomic E-state index is 0.176. The molecule has 3 nitrogen and oxygen atoms in total. The monoisotopic (exact) mass is 286 g/mol. The van der Waals surface area contributed by atoms with E-state index in [0.717, 1.165) is 17.1 Å². The number of para-hydroxylation sites is 1. The molecule has 0 amide bonds. The molecular formula is C16H18N2OS. The van der Waals surface area contributed by atoms with E-state index in [2.05, 4.69) is 10.6 Å². The second-order valence-corrected chi connectivity index (χ2v) is 5.04. The van der Waals surface area contributed by atoms with Gasteiger partial charge in [-0.05, 0) is 62.5 Å². The molecule has 0 aliphatic carbocycles. The summed E-state index contributed by atoms with van der Waals surface area (Å²) >= 11 is 5.27. The molecule has 0 radical (unpaired) electrons. The van der Waals surface area contributed by atoms with Gasteiger partial charge in [0.15, 0.2) is 5.11 Å². The summed E-state index contributed by atoms with van der Waals surface area (Å²) in [5.74, 6) is 0.854. The standard InChI is InChI=1S/C16H18N2OS/c1-12(2)19-15-10-8-14(9-11-15)18-16(20)17-13-6-4-3-5-7-13/h3-12H,1-2H3,(H2,17,18,20). The maximum atomic E-state index is 5.59.